The Morgan fingerprint density at radius 3 is 2.35 bits per heavy atom. The molecule has 0 bridgehead atoms. The maximum Gasteiger partial charge on any atom is 0.435 e. The smallest absolute Gasteiger partial charge is 0.348 e. The molecule has 0 aliphatic rings. The van der Waals surface area contributed by atoms with E-state index in [-0.39, 0.29) is 16.6 Å². The number of benzene rings is 3. The van der Waals surface area contributed by atoms with E-state index in [1.807, 2.05) is 19.1 Å². The van der Waals surface area contributed by atoms with Crippen molar-refractivity contribution in [2.24, 2.45) is 0 Å². The van der Waals surface area contributed by atoms with Crippen LogP contribution in [-0.4, -0.2) is 15.7 Å². The number of rotatable bonds is 5. The van der Waals surface area contributed by atoms with Gasteiger partial charge >= 0.3 is 6.18 Å². The molecule has 0 unspecified atom stereocenters. The van der Waals surface area contributed by atoms with Gasteiger partial charge in [0.15, 0.2) is 5.69 Å². The van der Waals surface area contributed by atoms with Gasteiger partial charge in [0.25, 0.3) is 5.91 Å². The first-order valence-electron chi connectivity index (χ1n) is 10.2. The Kier molecular flexibility index (Phi) is 6.68. The van der Waals surface area contributed by atoms with Crippen LogP contribution in [0.5, 0.6) is 0 Å². The van der Waals surface area contributed by atoms with E-state index in [9.17, 15) is 18.0 Å². The second-order valence-corrected chi connectivity index (χ2v) is 8.45. The first kappa shape index (κ1) is 23.9. The first-order chi connectivity index (χ1) is 16.1. The molecule has 0 saturated heterocycles. The third-order valence-electron chi connectivity index (χ3n) is 5.27. The van der Waals surface area contributed by atoms with E-state index in [4.69, 9.17) is 23.2 Å². The van der Waals surface area contributed by atoms with Crippen LogP contribution in [-0.2, 0) is 12.7 Å². The Morgan fingerprint density at radius 1 is 1.00 bits per heavy atom. The topological polar surface area (TPSA) is 46.9 Å². The number of amides is 1. The third kappa shape index (κ3) is 5.11. The monoisotopic (exact) mass is 503 g/mol. The molecule has 0 saturated carbocycles. The summed E-state index contributed by atoms with van der Waals surface area (Å²) in [6.45, 7) is 2.22. The molecular formula is C25H18Cl2F3N3O. The van der Waals surface area contributed by atoms with Gasteiger partial charge in [0.05, 0.1) is 16.4 Å². The fraction of sp³-hybridized carbons (Fsp3) is 0.120. The highest BCUT2D eigenvalue weighted by Crippen LogP contribution is 2.34. The highest BCUT2D eigenvalue weighted by atomic mass is 35.5. The molecule has 4 rings (SSSR count). The molecule has 0 atom stereocenters. The van der Waals surface area contributed by atoms with Gasteiger partial charge in [0.2, 0.25) is 0 Å². The summed E-state index contributed by atoms with van der Waals surface area (Å²) in [6.07, 6.45) is -4.62. The summed E-state index contributed by atoms with van der Waals surface area (Å²) in [4.78, 5) is 12.6. The number of halogens is 5. The van der Waals surface area contributed by atoms with Crippen LogP contribution < -0.4 is 5.32 Å². The van der Waals surface area contributed by atoms with Crippen LogP contribution in [0, 0.1) is 6.92 Å². The molecule has 1 N–H and O–H groups in total. The molecule has 0 aliphatic heterocycles. The van der Waals surface area contributed by atoms with Gasteiger partial charge in [-0.1, -0.05) is 53.5 Å². The second kappa shape index (κ2) is 9.52. The highest BCUT2D eigenvalue weighted by molar-refractivity contribution is 6.32. The molecule has 4 aromatic rings. The molecule has 0 radical (unpaired) electrons. The average Bonchev–Trinajstić information content (AvgIpc) is 3.24. The summed E-state index contributed by atoms with van der Waals surface area (Å²) in [5.74, 6) is -0.309. The molecule has 1 aromatic heterocycles. The van der Waals surface area contributed by atoms with Gasteiger partial charge < -0.3 is 5.32 Å². The lowest BCUT2D eigenvalue weighted by Crippen LogP contribution is -2.23. The van der Waals surface area contributed by atoms with E-state index in [0.29, 0.717) is 28.4 Å². The molecular weight excluding hydrogens is 486 g/mol. The normalized spacial score (nSPS) is 11.5. The van der Waals surface area contributed by atoms with Crippen molar-refractivity contribution in [3.8, 4) is 16.9 Å². The van der Waals surface area contributed by atoms with E-state index in [1.54, 1.807) is 54.6 Å². The van der Waals surface area contributed by atoms with Crippen molar-refractivity contribution in [3.05, 3.63) is 105 Å². The SMILES string of the molecule is Cc1cc(Cl)ccc1CNC(=O)c1ccc(-c2cc(C(F)(F)F)nn2-c2ccccc2Cl)cc1. The molecule has 34 heavy (non-hydrogen) atoms. The predicted molar refractivity (Wildman–Crippen MR) is 126 cm³/mol. The van der Waals surface area contributed by atoms with Gasteiger partial charge in [0, 0.05) is 22.7 Å². The number of hydrogen-bond acceptors (Lipinski definition) is 2. The number of carbonyl (C=O) groups is 1. The molecule has 3 aromatic carbocycles. The number of nitrogens with one attached hydrogen (secondary N) is 1. The summed E-state index contributed by atoms with van der Waals surface area (Å²) in [5.41, 5.74) is 2.18. The van der Waals surface area contributed by atoms with Crippen molar-refractivity contribution in [1.82, 2.24) is 15.1 Å². The van der Waals surface area contributed by atoms with Crippen molar-refractivity contribution in [2.45, 2.75) is 19.6 Å². The van der Waals surface area contributed by atoms with Crippen LogP contribution in [0.25, 0.3) is 16.9 Å². The molecule has 1 amide bonds. The van der Waals surface area contributed by atoms with Gasteiger partial charge in [-0.05, 0) is 60.5 Å². The molecule has 1 heterocycles. The molecule has 4 nitrogen and oxygen atoms in total. The van der Waals surface area contributed by atoms with Gasteiger partial charge in [-0.15, -0.1) is 0 Å². The minimum absolute atomic E-state index is 0.198. The van der Waals surface area contributed by atoms with Gasteiger partial charge in [-0.3, -0.25) is 4.79 Å². The van der Waals surface area contributed by atoms with Crippen molar-refractivity contribution in [1.29, 1.82) is 0 Å². The largest absolute Gasteiger partial charge is 0.435 e. The fourth-order valence-corrected chi connectivity index (χ4v) is 3.90. The average molecular weight is 504 g/mol. The zero-order chi connectivity index (χ0) is 24.5. The van der Waals surface area contributed by atoms with Crippen LogP contribution in [0.15, 0.2) is 72.8 Å². The van der Waals surface area contributed by atoms with Gasteiger partial charge in [-0.25, -0.2) is 4.68 Å². The van der Waals surface area contributed by atoms with E-state index in [2.05, 4.69) is 10.4 Å². The summed E-state index contributed by atoms with van der Waals surface area (Å²) in [7, 11) is 0. The van der Waals surface area contributed by atoms with E-state index >= 15 is 0 Å². The Labute approximate surface area is 203 Å². The Hall–Kier alpha value is -3.29. The number of aromatic nitrogens is 2. The zero-order valence-corrected chi connectivity index (χ0v) is 19.3. The lowest BCUT2D eigenvalue weighted by molar-refractivity contribution is -0.141. The quantitative estimate of drug-likeness (QED) is 0.315. The maximum atomic E-state index is 13.4. The predicted octanol–water partition coefficient (Wildman–Crippen LogP) is 7.10. The summed E-state index contributed by atoms with van der Waals surface area (Å²) in [6, 6.07) is 19.1. The van der Waals surface area contributed by atoms with Crippen molar-refractivity contribution < 1.29 is 18.0 Å². The summed E-state index contributed by atoms with van der Waals surface area (Å²) >= 11 is 12.2. The zero-order valence-electron chi connectivity index (χ0n) is 17.8. The fourth-order valence-electron chi connectivity index (χ4n) is 3.46. The van der Waals surface area contributed by atoms with Crippen LogP contribution in [0.3, 0.4) is 0 Å². The van der Waals surface area contributed by atoms with Crippen molar-refractivity contribution in [2.75, 3.05) is 0 Å². The molecule has 9 heteroatoms. The number of nitrogens with zero attached hydrogens (tertiary/aromatic N) is 2. The lowest BCUT2D eigenvalue weighted by Gasteiger charge is -2.11. The Balaban J connectivity index is 1.60. The van der Waals surface area contributed by atoms with Crippen molar-refractivity contribution >= 4 is 29.1 Å². The molecule has 0 spiro atoms. The van der Waals surface area contributed by atoms with Gasteiger partial charge in [0.1, 0.15) is 0 Å². The van der Waals surface area contributed by atoms with E-state index in [1.165, 1.54) is 0 Å². The highest BCUT2D eigenvalue weighted by Gasteiger charge is 2.35. The summed E-state index contributed by atoms with van der Waals surface area (Å²) < 4.78 is 41.3. The number of para-hydroxylation sites is 1. The second-order valence-electron chi connectivity index (χ2n) is 7.61. The maximum absolute atomic E-state index is 13.4. The number of alkyl halides is 3. The van der Waals surface area contributed by atoms with Crippen LogP contribution in [0.1, 0.15) is 27.2 Å². The van der Waals surface area contributed by atoms with E-state index in [0.717, 1.165) is 21.9 Å². The minimum Gasteiger partial charge on any atom is -0.348 e. The Morgan fingerprint density at radius 2 is 1.71 bits per heavy atom. The van der Waals surface area contributed by atoms with Crippen LogP contribution >= 0.6 is 23.2 Å². The number of hydrogen-bond donors (Lipinski definition) is 1. The summed E-state index contributed by atoms with van der Waals surface area (Å²) in [5, 5.41) is 7.46. The van der Waals surface area contributed by atoms with Crippen LogP contribution in [0.4, 0.5) is 13.2 Å². The van der Waals surface area contributed by atoms with Gasteiger partial charge in [-0.2, -0.15) is 18.3 Å². The van der Waals surface area contributed by atoms with Crippen LogP contribution in [0.2, 0.25) is 10.0 Å². The standard InChI is InChI=1S/C25H18Cl2F3N3O/c1-15-12-19(26)11-10-18(15)14-31-24(34)17-8-6-16(7-9-17)22-13-23(25(28,29)30)32-33(22)21-5-3-2-4-20(21)27/h2-13H,14H2,1H3,(H,31,34). The first-order valence-corrected chi connectivity index (χ1v) is 10.9. The molecule has 174 valence electrons. The molecule has 0 aliphatic carbocycles. The minimum atomic E-state index is -4.62. The third-order valence-corrected chi connectivity index (χ3v) is 5.82. The molecule has 0 fully saturated rings. The number of aryl methyl sites for hydroxylation is 1. The lowest BCUT2D eigenvalue weighted by atomic mass is 10.1. The number of carbonyl (C=O) groups excluding carboxylic acids is 1. The van der Waals surface area contributed by atoms with E-state index < -0.39 is 11.9 Å². The van der Waals surface area contributed by atoms with Crippen molar-refractivity contribution in [3.63, 3.8) is 0 Å². The Bertz CT molecular complexity index is 1350.